The van der Waals surface area contributed by atoms with Crippen molar-refractivity contribution >= 4 is 5.82 Å². The van der Waals surface area contributed by atoms with Gasteiger partial charge in [-0.3, -0.25) is 0 Å². The lowest BCUT2D eigenvalue weighted by Gasteiger charge is -2.16. The van der Waals surface area contributed by atoms with Gasteiger partial charge in [0.2, 0.25) is 0 Å². The van der Waals surface area contributed by atoms with E-state index in [1.54, 1.807) is 0 Å². The fraction of sp³-hybridized carbons (Fsp3) is 0.692. The van der Waals surface area contributed by atoms with Crippen LogP contribution in [0.2, 0.25) is 0 Å². The number of ether oxygens (including phenoxy) is 1. The molecule has 1 heterocycles. The van der Waals surface area contributed by atoms with E-state index >= 15 is 0 Å². The number of nitrogens with zero attached hydrogens (tertiary/aromatic N) is 2. The Morgan fingerprint density at radius 1 is 1.29 bits per heavy atom. The molecular formula is C13H21N3O. The van der Waals surface area contributed by atoms with Gasteiger partial charge in [0.25, 0.3) is 0 Å². The van der Waals surface area contributed by atoms with Crippen molar-refractivity contribution in [1.82, 2.24) is 9.97 Å². The van der Waals surface area contributed by atoms with Crippen molar-refractivity contribution in [3.05, 3.63) is 17.1 Å². The predicted molar refractivity (Wildman–Crippen MR) is 68.3 cm³/mol. The van der Waals surface area contributed by atoms with Crippen LogP contribution in [0.15, 0.2) is 0 Å². The topological polar surface area (TPSA) is 47.0 Å². The van der Waals surface area contributed by atoms with Crippen LogP contribution < -0.4 is 5.32 Å². The van der Waals surface area contributed by atoms with Crippen LogP contribution in [0, 0.1) is 0 Å². The average Bonchev–Trinajstić information content (AvgIpc) is 2.82. The molecule has 1 N–H and O–H groups in total. The van der Waals surface area contributed by atoms with Gasteiger partial charge in [0.05, 0.1) is 0 Å². The number of aryl methyl sites for hydroxylation is 1. The molecule has 2 rings (SSSR count). The summed E-state index contributed by atoms with van der Waals surface area (Å²) >= 11 is 0. The molecule has 4 nitrogen and oxygen atoms in total. The second kappa shape index (κ2) is 5.45. The molecule has 4 heteroatoms. The standard InChI is InChI=1S/C13H21N3O/c1-4-11(17-5-2)13-15-10-8-6-7-9(10)12(14-3)16-13/h11H,4-8H2,1-3H3,(H,14,15,16). The lowest BCUT2D eigenvalue weighted by Crippen LogP contribution is -2.12. The minimum absolute atomic E-state index is 0.0259. The van der Waals surface area contributed by atoms with Crippen molar-refractivity contribution < 1.29 is 4.74 Å². The van der Waals surface area contributed by atoms with Gasteiger partial charge in [0.1, 0.15) is 11.9 Å². The van der Waals surface area contributed by atoms with E-state index in [0.29, 0.717) is 6.61 Å². The average molecular weight is 235 g/mol. The molecule has 0 radical (unpaired) electrons. The molecule has 1 aromatic heterocycles. The molecule has 0 saturated carbocycles. The summed E-state index contributed by atoms with van der Waals surface area (Å²) < 4.78 is 5.68. The van der Waals surface area contributed by atoms with Crippen LogP contribution in [-0.4, -0.2) is 23.6 Å². The van der Waals surface area contributed by atoms with Crippen LogP contribution >= 0.6 is 0 Å². The molecule has 0 fully saturated rings. The summed E-state index contributed by atoms with van der Waals surface area (Å²) in [5.41, 5.74) is 2.50. The monoisotopic (exact) mass is 235 g/mol. The zero-order chi connectivity index (χ0) is 12.3. The summed E-state index contributed by atoms with van der Waals surface area (Å²) in [6.07, 6.45) is 4.29. The van der Waals surface area contributed by atoms with Gasteiger partial charge in [-0.2, -0.15) is 0 Å². The first kappa shape index (κ1) is 12.3. The normalized spacial score (nSPS) is 15.7. The van der Waals surface area contributed by atoms with Gasteiger partial charge in [-0.15, -0.1) is 0 Å². The summed E-state index contributed by atoms with van der Waals surface area (Å²) in [5.74, 6) is 1.82. The summed E-state index contributed by atoms with van der Waals surface area (Å²) in [7, 11) is 1.92. The minimum atomic E-state index is 0.0259. The molecule has 0 spiro atoms. The van der Waals surface area contributed by atoms with Crippen LogP contribution in [0.5, 0.6) is 0 Å². The smallest absolute Gasteiger partial charge is 0.159 e. The van der Waals surface area contributed by atoms with Crippen molar-refractivity contribution in [2.24, 2.45) is 0 Å². The molecule has 0 saturated heterocycles. The van der Waals surface area contributed by atoms with Gasteiger partial charge in [-0.1, -0.05) is 6.92 Å². The first-order valence-corrected chi connectivity index (χ1v) is 6.49. The number of aromatic nitrogens is 2. The third-order valence-corrected chi connectivity index (χ3v) is 3.21. The van der Waals surface area contributed by atoms with Gasteiger partial charge < -0.3 is 10.1 Å². The fourth-order valence-corrected chi connectivity index (χ4v) is 2.38. The molecule has 0 aliphatic heterocycles. The Morgan fingerprint density at radius 3 is 2.76 bits per heavy atom. The Bertz CT molecular complexity index is 392. The molecule has 0 bridgehead atoms. The number of fused-ring (bicyclic) bond motifs is 1. The summed E-state index contributed by atoms with van der Waals surface area (Å²) in [6.45, 7) is 4.82. The fourth-order valence-electron chi connectivity index (χ4n) is 2.38. The van der Waals surface area contributed by atoms with Gasteiger partial charge in [0.15, 0.2) is 5.82 Å². The van der Waals surface area contributed by atoms with E-state index in [0.717, 1.165) is 30.9 Å². The first-order chi connectivity index (χ1) is 8.30. The second-order valence-corrected chi connectivity index (χ2v) is 4.31. The number of hydrogen-bond acceptors (Lipinski definition) is 4. The number of hydrogen-bond donors (Lipinski definition) is 1. The third kappa shape index (κ3) is 2.41. The lowest BCUT2D eigenvalue weighted by molar-refractivity contribution is 0.0534. The summed E-state index contributed by atoms with van der Waals surface area (Å²) in [5, 5.41) is 3.18. The number of rotatable bonds is 5. The SMILES string of the molecule is CCOC(CC)c1nc2c(c(NC)n1)CCC2. The lowest BCUT2D eigenvalue weighted by atomic mass is 10.2. The first-order valence-electron chi connectivity index (χ1n) is 6.49. The van der Waals surface area contributed by atoms with Gasteiger partial charge in [-0.05, 0) is 32.6 Å². The molecule has 1 aliphatic rings. The van der Waals surface area contributed by atoms with Crippen molar-refractivity contribution in [1.29, 1.82) is 0 Å². The largest absolute Gasteiger partial charge is 0.373 e. The van der Waals surface area contributed by atoms with Gasteiger partial charge >= 0.3 is 0 Å². The van der Waals surface area contributed by atoms with Gasteiger partial charge in [0, 0.05) is 24.9 Å². The molecule has 1 unspecified atom stereocenters. The van der Waals surface area contributed by atoms with E-state index in [2.05, 4.69) is 22.2 Å². The van der Waals surface area contributed by atoms with Crippen LogP contribution in [0.1, 0.15) is 49.9 Å². The van der Waals surface area contributed by atoms with Crippen molar-refractivity contribution in [3.63, 3.8) is 0 Å². The molecular weight excluding hydrogens is 214 g/mol. The zero-order valence-corrected chi connectivity index (χ0v) is 10.9. The molecule has 17 heavy (non-hydrogen) atoms. The maximum Gasteiger partial charge on any atom is 0.159 e. The third-order valence-electron chi connectivity index (χ3n) is 3.21. The van der Waals surface area contributed by atoms with E-state index < -0.39 is 0 Å². The number of anilines is 1. The van der Waals surface area contributed by atoms with E-state index in [1.807, 2.05) is 14.0 Å². The maximum atomic E-state index is 5.68. The molecule has 1 aromatic rings. The molecule has 0 amide bonds. The summed E-state index contributed by atoms with van der Waals surface area (Å²) in [4.78, 5) is 9.28. The van der Waals surface area contributed by atoms with E-state index in [9.17, 15) is 0 Å². The van der Waals surface area contributed by atoms with E-state index in [-0.39, 0.29) is 6.10 Å². The highest BCUT2D eigenvalue weighted by molar-refractivity contribution is 5.48. The van der Waals surface area contributed by atoms with Gasteiger partial charge in [-0.25, -0.2) is 9.97 Å². The Morgan fingerprint density at radius 2 is 2.12 bits per heavy atom. The Kier molecular flexibility index (Phi) is 3.94. The van der Waals surface area contributed by atoms with Crippen LogP contribution in [0.3, 0.4) is 0 Å². The van der Waals surface area contributed by atoms with Crippen molar-refractivity contribution in [2.45, 2.75) is 45.6 Å². The maximum absolute atomic E-state index is 5.68. The van der Waals surface area contributed by atoms with Crippen LogP contribution in [-0.2, 0) is 17.6 Å². The van der Waals surface area contributed by atoms with E-state index in [4.69, 9.17) is 4.74 Å². The molecule has 0 aromatic carbocycles. The summed E-state index contributed by atoms with van der Waals surface area (Å²) in [6, 6.07) is 0. The molecule has 1 atom stereocenters. The quantitative estimate of drug-likeness (QED) is 0.851. The highest BCUT2D eigenvalue weighted by Gasteiger charge is 2.21. The van der Waals surface area contributed by atoms with Crippen molar-refractivity contribution in [2.75, 3.05) is 19.0 Å². The Labute approximate surface area is 103 Å². The van der Waals surface area contributed by atoms with Crippen LogP contribution in [0.25, 0.3) is 0 Å². The Hall–Kier alpha value is -1.16. The van der Waals surface area contributed by atoms with Crippen molar-refractivity contribution in [3.8, 4) is 0 Å². The molecule has 94 valence electrons. The van der Waals surface area contributed by atoms with Crippen LogP contribution in [0.4, 0.5) is 5.82 Å². The molecule has 1 aliphatic carbocycles. The highest BCUT2D eigenvalue weighted by Crippen LogP contribution is 2.28. The predicted octanol–water partition coefficient (Wildman–Crippen LogP) is 2.49. The van der Waals surface area contributed by atoms with E-state index in [1.165, 1.54) is 17.7 Å². The zero-order valence-electron chi connectivity index (χ0n) is 10.9. The Balaban J connectivity index is 2.35. The highest BCUT2D eigenvalue weighted by atomic mass is 16.5. The second-order valence-electron chi connectivity index (χ2n) is 4.31. The number of nitrogens with one attached hydrogen (secondary N) is 1. The minimum Gasteiger partial charge on any atom is -0.373 e.